The van der Waals surface area contributed by atoms with Crippen molar-refractivity contribution in [2.24, 2.45) is 11.8 Å². The van der Waals surface area contributed by atoms with Gasteiger partial charge in [0.1, 0.15) is 13.2 Å². The molecule has 0 aromatic carbocycles. The first-order chi connectivity index (χ1) is 11.7. The van der Waals surface area contributed by atoms with Gasteiger partial charge in [0.15, 0.2) is 0 Å². The molecule has 1 aliphatic rings. The first-order valence-electron chi connectivity index (χ1n) is 8.76. The molecule has 0 aliphatic heterocycles. The molecule has 0 radical (unpaired) electrons. The van der Waals surface area contributed by atoms with E-state index in [4.69, 9.17) is 9.47 Å². The molecule has 2 atom stereocenters. The summed E-state index contributed by atoms with van der Waals surface area (Å²) in [5, 5.41) is 11.5. The Labute approximate surface area is 144 Å². The number of amides is 2. The molecule has 8 heteroatoms. The molecule has 140 valence electrons. The smallest absolute Gasteiger partial charge is 0.407 e. The van der Waals surface area contributed by atoms with Gasteiger partial charge in [-0.05, 0) is 45.2 Å². The van der Waals surface area contributed by atoms with Crippen LogP contribution >= 0.6 is 0 Å². The lowest BCUT2D eigenvalue weighted by Crippen LogP contribution is -2.36. The number of carbonyl (C=O) groups is 2. The molecule has 0 aromatic rings. The number of ether oxygens (including phenoxy) is 2. The van der Waals surface area contributed by atoms with Crippen molar-refractivity contribution < 1.29 is 19.1 Å². The Kier molecular flexibility index (Phi) is 11.0. The van der Waals surface area contributed by atoms with Gasteiger partial charge < -0.3 is 30.7 Å². The van der Waals surface area contributed by atoms with Crippen molar-refractivity contribution in [2.75, 3.05) is 53.5 Å². The second-order valence-corrected chi connectivity index (χ2v) is 6.14. The highest BCUT2D eigenvalue weighted by Crippen LogP contribution is 2.28. The van der Waals surface area contributed by atoms with Gasteiger partial charge in [-0.3, -0.25) is 0 Å². The zero-order valence-corrected chi connectivity index (χ0v) is 14.9. The molecule has 0 heterocycles. The Bertz CT molecular complexity index is 336. The Balaban J connectivity index is 2.14. The molecular weight excluding hydrogens is 312 g/mol. The van der Waals surface area contributed by atoms with Gasteiger partial charge >= 0.3 is 12.2 Å². The van der Waals surface area contributed by atoms with Crippen LogP contribution in [-0.4, -0.2) is 65.7 Å². The van der Waals surface area contributed by atoms with E-state index >= 15 is 0 Å². The second-order valence-electron chi connectivity index (χ2n) is 6.14. The SMILES string of the molecule is CNCCOC(=O)NCC1CCCC(CNC(=O)OCCNC)C1. The summed E-state index contributed by atoms with van der Waals surface area (Å²) in [6.07, 6.45) is 3.58. The van der Waals surface area contributed by atoms with E-state index in [0.29, 0.717) is 51.2 Å². The molecule has 1 rings (SSSR count). The van der Waals surface area contributed by atoms with Crippen molar-refractivity contribution in [1.29, 1.82) is 0 Å². The molecule has 2 unspecified atom stereocenters. The first-order valence-corrected chi connectivity index (χ1v) is 8.76. The Morgan fingerprint density at radius 2 is 1.33 bits per heavy atom. The van der Waals surface area contributed by atoms with E-state index in [-0.39, 0.29) is 12.2 Å². The van der Waals surface area contributed by atoms with Crippen LogP contribution < -0.4 is 21.3 Å². The second kappa shape index (κ2) is 12.8. The van der Waals surface area contributed by atoms with E-state index in [9.17, 15) is 9.59 Å². The molecule has 0 bridgehead atoms. The summed E-state index contributed by atoms with van der Waals surface area (Å²) in [7, 11) is 3.63. The number of carbonyl (C=O) groups excluding carboxylic acids is 2. The summed E-state index contributed by atoms with van der Waals surface area (Å²) in [5.74, 6) is 0.866. The molecule has 8 nitrogen and oxygen atoms in total. The Morgan fingerprint density at radius 1 is 0.875 bits per heavy atom. The van der Waals surface area contributed by atoms with Crippen LogP contribution in [0.25, 0.3) is 0 Å². The zero-order valence-electron chi connectivity index (χ0n) is 14.9. The third-order valence-corrected chi connectivity index (χ3v) is 4.13. The molecule has 24 heavy (non-hydrogen) atoms. The largest absolute Gasteiger partial charge is 0.448 e. The lowest BCUT2D eigenvalue weighted by molar-refractivity contribution is 0.140. The molecule has 1 saturated carbocycles. The highest BCUT2D eigenvalue weighted by Gasteiger charge is 2.23. The Morgan fingerprint density at radius 3 is 1.75 bits per heavy atom. The molecular formula is C16H32N4O4. The number of alkyl carbamates (subject to hydrolysis) is 2. The number of hydrogen-bond donors (Lipinski definition) is 4. The number of rotatable bonds is 10. The summed E-state index contributed by atoms with van der Waals surface area (Å²) in [6.45, 7) is 3.29. The van der Waals surface area contributed by atoms with Crippen molar-refractivity contribution in [1.82, 2.24) is 21.3 Å². The van der Waals surface area contributed by atoms with Gasteiger partial charge in [0, 0.05) is 26.2 Å². The standard InChI is InChI=1S/C16H32N4O4/c1-17-6-8-23-15(21)19-11-13-4-3-5-14(10-13)12-20-16(22)24-9-7-18-2/h13-14,17-18H,3-12H2,1-2H3,(H,19,21)(H,20,22). The number of likely N-dealkylation sites (N-methyl/N-ethyl adjacent to an activating group) is 2. The quantitative estimate of drug-likeness (QED) is 0.435. The van der Waals surface area contributed by atoms with E-state index in [1.807, 2.05) is 14.1 Å². The highest BCUT2D eigenvalue weighted by atomic mass is 16.6. The fourth-order valence-corrected chi connectivity index (χ4v) is 2.82. The van der Waals surface area contributed by atoms with Crippen LogP contribution in [0.1, 0.15) is 25.7 Å². The minimum absolute atomic E-state index is 0.362. The monoisotopic (exact) mass is 344 g/mol. The summed E-state index contributed by atoms with van der Waals surface area (Å²) in [4.78, 5) is 23.1. The van der Waals surface area contributed by atoms with E-state index in [0.717, 1.165) is 25.7 Å². The minimum atomic E-state index is -0.362. The fraction of sp³-hybridized carbons (Fsp3) is 0.875. The Hall–Kier alpha value is -1.54. The maximum Gasteiger partial charge on any atom is 0.407 e. The summed E-state index contributed by atoms with van der Waals surface area (Å²) in [6, 6.07) is 0. The molecule has 4 N–H and O–H groups in total. The van der Waals surface area contributed by atoms with Crippen molar-refractivity contribution in [3.8, 4) is 0 Å². The predicted molar refractivity (Wildman–Crippen MR) is 92.0 cm³/mol. The summed E-state index contributed by atoms with van der Waals surface area (Å²) in [5.41, 5.74) is 0. The third-order valence-electron chi connectivity index (χ3n) is 4.13. The van der Waals surface area contributed by atoms with Gasteiger partial charge in [-0.25, -0.2) is 9.59 Å². The van der Waals surface area contributed by atoms with Crippen molar-refractivity contribution >= 4 is 12.2 Å². The van der Waals surface area contributed by atoms with Crippen LogP contribution in [0, 0.1) is 11.8 Å². The maximum atomic E-state index is 11.5. The average molecular weight is 344 g/mol. The zero-order chi connectivity index (χ0) is 17.6. The molecule has 2 amide bonds. The van der Waals surface area contributed by atoms with Crippen molar-refractivity contribution in [3.05, 3.63) is 0 Å². The van der Waals surface area contributed by atoms with Gasteiger partial charge in [-0.15, -0.1) is 0 Å². The molecule has 1 aliphatic carbocycles. The molecule has 0 spiro atoms. The average Bonchev–Trinajstić information content (AvgIpc) is 2.59. The normalized spacial score (nSPS) is 20.2. The van der Waals surface area contributed by atoms with Crippen molar-refractivity contribution in [3.63, 3.8) is 0 Å². The first kappa shape index (κ1) is 20.5. The van der Waals surface area contributed by atoms with Gasteiger partial charge in [-0.2, -0.15) is 0 Å². The number of hydrogen-bond acceptors (Lipinski definition) is 6. The number of nitrogens with one attached hydrogen (secondary N) is 4. The minimum Gasteiger partial charge on any atom is -0.448 e. The van der Waals surface area contributed by atoms with E-state index in [2.05, 4.69) is 21.3 Å². The predicted octanol–water partition coefficient (Wildman–Crippen LogP) is 0.684. The maximum absolute atomic E-state index is 11.5. The van der Waals surface area contributed by atoms with E-state index in [1.165, 1.54) is 0 Å². The van der Waals surface area contributed by atoms with Crippen LogP contribution in [0.3, 0.4) is 0 Å². The van der Waals surface area contributed by atoms with E-state index in [1.54, 1.807) is 0 Å². The summed E-state index contributed by atoms with van der Waals surface area (Å²) >= 11 is 0. The molecule has 0 aromatic heterocycles. The van der Waals surface area contributed by atoms with Gasteiger partial charge in [-0.1, -0.05) is 6.42 Å². The van der Waals surface area contributed by atoms with Crippen LogP contribution in [0.2, 0.25) is 0 Å². The fourth-order valence-electron chi connectivity index (χ4n) is 2.82. The topological polar surface area (TPSA) is 101 Å². The highest BCUT2D eigenvalue weighted by molar-refractivity contribution is 5.67. The third kappa shape index (κ3) is 9.57. The van der Waals surface area contributed by atoms with Crippen molar-refractivity contribution in [2.45, 2.75) is 25.7 Å². The van der Waals surface area contributed by atoms with Crippen LogP contribution in [-0.2, 0) is 9.47 Å². The van der Waals surface area contributed by atoms with Gasteiger partial charge in [0.05, 0.1) is 0 Å². The van der Waals surface area contributed by atoms with E-state index < -0.39 is 0 Å². The van der Waals surface area contributed by atoms with Crippen LogP contribution in [0.15, 0.2) is 0 Å². The summed E-state index contributed by atoms with van der Waals surface area (Å²) < 4.78 is 10.1. The molecule has 0 saturated heterocycles. The van der Waals surface area contributed by atoms with Crippen LogP contribution in [0.5, 0.6) is 0 Å². The lowest BCUT2D eigenvalue weighted by Gasteiger charge is -2.29. The van der Waals surface area contributed by atoms with Gasteiger partial charge in [0.25, 0.3) is 0 Å². The van der Waals surface area contributed by atoms with Gasteiger partial charge in [0.2, 0.25) is 0 Å². The van der Waals surface area contributed by atoms with Crippen LogP contribution in [0.4, 0.5) is 9.59 Å². The molecule has 1 fully saturated rings. The lowest BCUT2D eigenvalue weighted by atomic mass is 9.81.